The molecule has 0 aliphatic carbocycles. The molecule has 0 radical (unpaired) electrons. The van der Waals surface area contributed by atoms with E-state index >= 15 is 0 Å². The number of ether oxygens (including phenoxy) is 1. The Bertz CT molecular complexity index is 1170. The van der Waals surface area contributed by atoms with Gasteiger partial charge in [-0.05, 0) is 23.8 Å². The summed E-state index contributed by atoms with van der Waals surface area (Å²) >= 11 is 6.19. The molecule has 1 fully saturated rings. The third-order valence-electron chi connectivity index (χ3n) is 5.83. The van der Waals surface area contributed by atoms with Gasteiger partial charge < -0.3 is 15.4 Å². The minimum Gasteiger partial charge on any atom is -0.492 e. The van der Waals surface area contributed by atoms with E-state index in [-0.39, 0.29) is 31.1 Å². The monoisotopic (exact) mass is 473 g/mol. The Hall–Kier alpha value is -3.17. The molecule has 3 heterocycles. The van der Waals surface area contributed by atoms with Crippen molar-refractivity contribution in [3.05, 3.63) is 70.9 Å². The summed E-state index contributed by atoms with van der Waals surface area (Å²) in [6.07, 6.45) is 2.14. The van der Waals surface area contributed by atoms with Crippen LogP contribution in [0.2, 0.25) is 5.02 Å². The van der Waals surface area contributed by atoms with Gasteiger partial charge in [0.1, 0.15) is 5.75 Å². The number of alkyl halides is 2. The second-order valence-electron chi connectivity index (χ2n) is 8.18. The largest absolute Gasteiger partial charge is 0.492 e. The fraction of sp³-hybridized carbons (Fsp3) is 0.304. The van der Waals surface area contributed by atoms with Gasteiger partial charge >= 0.3 is 6.03 Å². The first-order chi connectivity index (χ1) is 15.9. The SMILES string of the molecule is O=C(Nc1ccn(-c2ccc(C3CC(F)(F)CN3)cc2)n1)N[C@H]1CCOc2c(Cl)cccc21. The number of fused-ring (bicyclic) bond motifs is 1. The zero-order chi connectivity index (χ0) is 23.0. The molecule has 3 N–H and O–H groups in total. The van der Waals surface area contributed by atoms with E-state index in [1.807, 2.05) is 36.4 Å². The average Bonchev–Trinajstić information content (AvgIpc) is 3.40. The lowest BCUT2D eigenvalue weighted by molar-refractivity contribution is 0.0210. The number of carbonyl (C=O) groups excluding carboxylic acids is 1. The number of rotatable bonds is 4. The first-order valence-electron chi connectivity index (χ1n) is 10.6. The van der Waals surface area contributed by atoms with Gasteiger partial charge in [-0.1, -0.05) is 35.9 Å². The number of aromatic nitrogens is 2. The maximum Gasteiger partial charge on any atom is 0.320 e. The molecule has 3 aromatic rings. The van der Waals surface area contributed by atoms with Crippen LogP contribution in [0.25, 0.3) is 5.69 Å². The van der Waals surface area contributed by atoms with Crippen LogP contribution in [0.15, 0.2) is 54.7 Å². The van der Waals surface area contributed by atoms with Crippen LogP contribution in [0.4, 0.5) is 19.4 Å². The summed E-state index contributed by atoms with van der Waals surface area (Å²) in [6.45, 7) is 0.155. The predicted molar refractivity (Wildman–Crippen MR) is 120 cm³/mol. The molecule has 7 nitrogen and oxygen atoms in total. The summed E-state index contributed by atoms with van der Waals surface area (Å²) in [5.74, 6) is -1.70. The van der Waals surface area contributed by atoms with Gasteiger partial charge in [-0.3, -0.25) is 5.32 Å². The van der Waals surface area contributed by atoms with E-state index in [0.29, 0.717) is 29.6 Å². The van der Waals surface area contributed by atoms with Gasteiger partial charge in [0.2, 0.25) is 0 Å². The van der Waals surface area contributed by atoms with Crippen molar-refractivity contribution >= 4 is 23.4 Å². The van der Waals surface area contributed by atoms with Gasteiger partial charge in [-0.15, -0.1) is 5.10 Å². The van der Waals surface area contributed by atoms with E-state index in [9.17, 15) is 13.6 Å². The van der Waals surface area contributed by atoms with E-state index in [2.05, 4.69) is 21.0 Å². The standard InChI is InChI=1S/C23H22ClF2N5O2/c24-17-3-1-2-16-18(9-11-33-21(16)17)28-22(32)29-20-8-10-31(30-20)15-6-4-14(5-7-15)19-12-23(25,26)13-27-19/h1-8,10,18-19,27H,9,11-13H2,(H2,28,29,30,32)/t18-,19?/m0/s1. The van der Waals surface area contributed by atoms with Crippen LogP contribution in [-0.2, 0) is 0 Å². The molecular formula is C23H22ClF2N5O2. The predicted octanol–water partition coefficient (Wildman–Crippen LogP) is 4.84. The van der Waals surface area contributed by atoms with Crippen molar-refractivity contribution in [3.63, 3.8) is 0 Å². The molecule has 1 aromatic heterocycles. The molecule has 0 saturated carbocycles. The molecule has 5 rings (SSSR count). The van der Waals surface area contributed by atoms with Crippen LogP contribution >= 0.6 is 11.6 Å². The lowest BCUT2D eigenvalue weighted by Gasteiger charge is -2.27. The summed E-state index contributed by atoms with van der Waals surface area (Å²) in [5, 5.41) is 13.4. The van der Waals surface area contributed by atoms with Gasteiger partial charge in [-0.2, -0.15) is 0 Å². The second kappa shape index (κ2) is 8.64. The van der Waals surface area contributed by atoms with Gasteiger partial charge in [0.15, 0.2) is 5.82 Å². The number of nitrogens with zero attached hydrogens (tertiary/aromatic N) is 2. The Balaban J connectivity index is 1.22. The number of urea groups is 1. The molecule has 0 bridgehead atoms. The molecular weight excluding hydrogens is 452 g/mol. The Kier molecular flexibility index (Phi) is 5.67. The van der Waals surface area contributed by atoms with Gasteiger partial charge in [0.05, 0.1) is 29.9 Å². The molecule has 2 atom stereocenters. The fourth-order valence-corrected chi connectivity index (χ4v) is 4.43. The van der Waals surface area contributed by atoms with Crippen molar-refractivity contribution < 1.29 is 18.3 Å². The van der Waals surface area contributed by atoms with E-state index in [1.54, 1.807) is 23.0 Å². The number of amides is 2. The Labute approximate surface area is 194 Å². The summed E-state index contributed by atoms with van der Waals surface area (Å²) in [6, 6.07) is 13.4. The van der Waals surface area contributed by atoms with Gasteiger partial charge in [0, 0.05) is 36.7 Å². The Morgan fingerprint density at radius 3 is 2.79 bits per heavy atom. The molecule has 33 heavy (non-hydrogen) atoms. The lowest BCUT2D eigenvalue weighted by Crippen LogP contribution is -2.35. The van der Waals surface area contributed by atoms with Crippen molar-refractivity contribution in [3.8, 4) is 11.4 Å². The summed E-state index contributed by atoms with van der Waals surface area (Å²) < 4.78 is 34.1. The van der Waals surface area contributed by atoms with Crippen molar-refractivity contribution in [2.45, 2.75) is 30.8 Å². The highest BCUT2D eigenvalue weighted by Crippen LogP contribution is 2.37. The van der Waals surface area contributed by atoms with E-state index in [4.69, 9.17) is 16.3 Å². The maximum absolute atomic E-state index is 13.4. The van der Waals surface area contributed by atoms with Crippen LogP contribution < -0.4 is 20.7 Å². The molecule has 0 spiro atoms. The highest BCUT2D eigenvalue weighted by atomic mass is 35.5. The van der Waals surface area contributed by atoms with E-state index < -0.39 is 5.92 Å². The zero-order valence-electron chi connectivity index (χ0n) is 17.5. The van der Waals surface area contributed by atoms with E-state index in [0.717, 1.165) is 16.8 Å². The molecule has 10 heteroatoms. The number of hydrogen-bond acceptors (Lipinski definition) is 4. The normalized spacial score (nSPS) is 21.2. The highest BCUT2D eigenvalue weighted by Gasteiger charge is 2.39. The minimum atomic E-state index is -2.68. The number of hydrogen-bond donors (Lipinski definition) is 3. The number of para-hydroxylation sites is 1. The average molecular weight is 474 g/mol. The van der Waals surface area contributed by atoms with Crippen LogP contribution in [-0.4, -0.2) is 34.9 Å². The number of nitrogens with one attached hydrogen (secondary N) is 3. The highest BCUT2D eigenvalue weighted by molar-refractivity contribution is 6.32. The van der Waals surface area contributed by atoms with Gasteiger partial charge in [-0.25, -0.2) is 18.3 Å². The Morgan fingerprint density at radius 2 is 2.03 bits per heavy atom. The van der Waals surface area contributed by atoms with Crippen molar-refractivity contribution in [2.75, 3.05) is 18.5 Å². The number of halogens is 3. The molecule has 2 aromatic carbocycles. The molecule has 2 aliphatic rings. The summed E-state index contributed by atoms with van der Waals surface area (Å²) in [5.41, 5.74) is 2.40. The lowest BCUT2D eigenvalue weighted by atomic mass is 10.0. The van der Waals surface area contributed by atoms with Crippen LogP contribution in [0.5, 0.6) is 5.75 Å². The zero-order valence-corrected chi connectivity index (χ0v) is 18.3. The van der Waals surface area contributed by atoms with Crippen molar-refractivity contribution in [1.82, 2.24) is 20.4 Å². The summed E-state index contributed by atoms with van der Waals surface area (Å²) in [7, 11) is 0. The van der Waals surface area contributed by atoms with Crippen molar-refractivity contribution in [1.29, 1.82) is 0 Å². The van der Waals surface area contributed by atoms with Crippen LogP contribution in [0.3, 0.4) is 0 Å². The first-order valence-corrected chi connectivity index (χ1v) is 11.0. The third kappa shape index (κ3) is 4.65. The first kappa shape index (κ1) is 21.7. The molecule has 2 aliphatic heterocycles. The second-order valence-corrected chi connectivity index (χ2v) is 8.58. The third-order valence-corrected chi connectivity index (χ3v) is 6.13. The maximum atomic E-state index is 13.4. The Morgan fingerprint density at radius 1 is 1.21 bits per heavy atom. The molecule has 1 saturated heterocycles. The van der Waals surface area contributed by atoms with E-state index in [1.165, 1.54) is 0 Å². The van der Waals surface area contributed by atoms with Crippen molar-refractivity contribution in [2.24, 2.45) is 0 Å². The minimum absolute atomic E-state index is 0.207. The fourth-order valence-electron chi connectivity index (χ4n) is 4.19. The van der Waals surface area contributed by atoms with Crippen LogP contribution in [0.1, 0.15) is 36.1 Å². The topological polar surface area (TPSA) is 80.2 Å². The number of anilines is 1. The smallest absolute Gasteiger partial charge is 0.320 e. The van der Waals surface area contributed by atoms with Gasteiger partial charge in [0.25, 0.3) is 5.92 Å². The number of carbonyl (C=O) groups is 1. The molecule has 172 valence electrons. The van der Waals surface area contributed by atoms with Crippen LogP contribution in [0, 0.1) is 0 Å². The summed E-state index contributed by atoms with van der Waals surface area (Å²) in [4.78, 5) is 12.6. The quantitative estimate of drug-likeness (QED) is 0.506. The number of benzene rings is 2. The molecule has 1 unspecified atom stereocenters. The molecule has 2 amide bonds.